The number of phenols is 3. The third-order valence-corrected chi connectivity index (χ3v) is 5.44. The number of hydrogen-bond acceptors (Lipinski definition) is 4. The smallest absolute Gasteiger partial charge is 0.170 e. The maximum Gasteiger partial charge on any atom is 0.170 e. The minimum atomic E-state index is -0.207. The largest absolute Gasteiger partial charge is 0.508 e. The molecular formula is C21H26O4. The number of benzene rings is 2. The van der Waals surface area contributed by atoms with Gasteiger partial charge in [0.2, 0.25) is 0 Å². The Morgan fingerprint density at radius 1 is 1.08 bits per heavy atom. The average Bonchev–Trinajstić information content (AvgIpc) is 2.52. The van der Waals surface area contributed by atoms with Gasteiger partial charge in [0.15, 0.2) is 5.78 Å². The lowest BCUT2D eigenvalue weighted by atomic mass is 9.72. The Bertz CT molecular complexity index is 809. The molecule has 1 aliphatic carbocycles. The van der Waals surface area contributed by atoms with E-state index in [0.29, 0.717) is 10.9 Å². The quantitative estimate of drug-likeness (QED) is 0.674. The predicted molar refractivity (Wildman–Crippen MR) is 98.4 cm³/mol. The zero-order valence-electron chi connectivity index (χ0n) is 14.9. The SMILES string of the molecule is CCCCCC[C@H]1C(=O)c2c(cc3cc(O)cc(O)c3c2O)C[C@H]1C. The van der Waals surface area contributed by atoms with Crippen molar-refractivity contribution in [2.75, 3.05) is 0 Å². The number of carbonyl (C=O) groups excluding carboxylic acids is 1. The van der Waals surface area contributed by atoms with Crippen molar-refractivity contribution < 1.29 is 20.1 Å². The summed E-state index contributed by atoms with van der Waals surface area (Å²) in [6.45, 7) is 4.25. The number of rotatable bonds is 5. The molecular weight excluding hydrogens is 316 g/mol. The van der Waals surface area contributed by atoms with Gasteiger partial charge in [-0.2, -0.15) is 0 Å². The number of ketones is 1. The van der Waals surface area contributed by atoms with E-state index in [9.17, 15) is 20.1 Å². The average molecular weight is 342 g/mol. The molecule has 4 heteroatoms. The van der Waals surface area contributed by atoms with Crippen LogP contribution in [0.4, 0.5) is 0 Å². The first-order valence-electron chi connectivity index (χ1n) is 9.18. The lowest BCUT2D eigenvalue weighted by Gasteiger charge is -2.30. The highest BCUT2D eigenvalue weighted by Gasteiger charge is 2.35. The van der Waals surface area contributed by atoms with Crippen LogP contribution in [-0.2, 0) is 6.42 Å². The second-order valence-electron chi connectivity index (χ2n) is 7.32. The molecule has 2 atom stereocenters. The van der Waals surface area contributed by atoms with Gasteiger partial charge in [0.1, 0.15) is 17.2 Å². The zero-order valence-corrected chi connectivity index (χ0v) is 14.9. The van der Waals surface area contributed by atoms with E-state index in [1.165, 1.54) is 18.6 Å². The molecule has 134 valence electrons. The minimum Gasteiger partial charge on any atom is -0.508 e. The van der Waals surface area contributed by atoms with Crippen LogP contribution in [0.15, 0.2) is 18.2 Å². The molecule has 0 saturated carbocycles. The Labute approximate surface area is 148 Å². The molecule has 0 unspecified atom stereocenters. The molecule has 0 amide bonds. The van der Waals surface area contributed by atoms with Crippen LogP contribution in [0.2, 0.25) is 0 Å². The Kier molecular flexibility index (Phi) is 4.89. The highest BCUT2D eigenvalue weighted by molar-refractivity contribution is 6.09. The fourth-order valence-electron chi connectivity index (χ4n) is 4.12. The number of carbonyl (C=O) groups is 1. The van der Waals surface area contributed by atoms with Crippen molar-refractivity contribution >= 4 is 16.6 Å². The summed E-state index contributed by atoms with van der Waals surface area (Å²) in [4.78, 5) is 13.0. The van der Waals surface area contributed by atoms with Crippen molar-refractivity contribution in [1.29, 1.82) is 0 Å². The van der Waals surface area contributed by atoms with Crippen LogP contribution >= 0.6 is 0 Å². The highest BCUT2D eigenvalue weighted by atomic mass is 16.3. The summed E-state index contributed by atoms with van der Waals surface area (Å²) < 4.78 is 0. The van der Waals surface area contributed by atoms with E-state index in [0.717, 1.165) is 37.7 Å². The molecule has 0 aromatic heterocycles. The van der Waals surface area contributed by atoms with Gasteiger partial charge in [0.25, 0.3) is 0 Å². The van der Waals surface area contributed by atoms with Gasteiger partial charge in [-0.1, -0.05) is 39.5 Å². The summed E-state index contributed by atoms with van der Waals surface area (Å²) in [6, 6.07) is 4.50. The van der Waals surface area contributed by atoms with E-state index in [2.05, 4.69) is 13.8 Å². The molecule has 0 fully saturated rings. The topological polar surface area (TPSA) is 77.8 Å². The number of phenolic OH excluding ortho intramolecular Hbond substituents is 3. The molecule has 1 aliphatic rings. The third kappa shape index (κ3) is 3.17. The monoisotopic (exact) mass is 342 g/mol. The first-order chi connectivity index (χ1) is 11.9. The van der Waals surface area contributed by atoms with Crippen LogP contribution in [0.25, 0.3) is 10.8 Å². The Balaban J connectivity index is 2.00. The van der Waals surface area contributed by atoms with Crippen molar-refractivity contribution in [1.82, 2.24) is 0 Å². The zero-order chi connectivity index (χ0) is 18.1. The van der Waals surface area contributed by atoms with Crippen molar-refractivity contribution in [2.45, 2.75) is 52.4 Å². The van der Waals surface area contributed by atoms with Crippen LogP contribution in [0.1, 0.15) is 61.9 Å². The van der Waals surface area contributed by atoms with Gasteiger partial charge >= 0.3 is 0 Å². The summed E-state index contributed by atoms with van der Waals surface area (Å²) in [7, 11) is 0. The lowest BCUT2D eigenvalue weighted by molar-refractivity contribution is 0.0845. The molecule has 3 rings (SSSR count). The fraction of sp³-hybridized carbons (Fsp3) is 0.476. The first kappa shape index (κ1) is 17.6. The predicted octanol–water partition coefficient (Wildman–Crippen LogP) is 4.92. The molecule has 2 aromatic carbocycles. The summed E-state index contributed by atoms with van der Waals surface area (Å²) in [5, 5.41) is 31.3. The molecule has 4 nitrogen and oxygen atoms in total. The van der Waals surface area contributed by atoms with E-state index >= 15 is 0 Å². The van der Waals surface area contributed by atoms with Gasteiger partial charge in [-0.3, -0.25) is 4.79 Å². The minimum absolute atomic E-state index is 0.0166. The van der Waals surface area contributed by atoms with Gasteiger partial charge in [0.05, 0.1) is 10.9 Å². The number of fused-ring (bicyclic) bond motifs is 2. The van der Waals surface area contributed by atoms with Crippen LogP contribution in [0, 0.1) is 11.8 Å². The summed E-state index contributed by atoms with van der Waals surface area (Å²) >= 11 is 0. The molecule has 0 aliphatic heterocycles. The lowest BCUT2D eigenvalue weighted by Crippen LogP contribution is -2.30. The summed E-state index contributed by atoms with van der Waals surface area (Å²) in [6.07, 6.45) is 6.06. The van der Waals surface area contributed by atoms with Crippen molar-refractivity contribution in [3.63, 3.8) is 0 Å². The van der Waals surface area contributed by atoms with E-state index < -0.39 is 0 Å². The molecule has 25 heavy (non-hydrogen) atoms. The van der Waals surface area contributed by atoms with Crippen molar-refractivity contribution in [3.05, 3.63) is 29.3 Å². The maximum absolute atomic E-state index is 13.0. The van der Waals surface area contributed by atoms with Crippen LogP contribution in [0.5, 0.6) is 17.2 Å². The molecule has 0 radical (unpaired) electrons. The third-order valence-electron chi connectivity index (χ3n) is 5.44. The Morgan fingerprint density at radius 2 is 1.84 bits per heavy atom. The highest BCUT2D eigenvalue weighted by Crippen LogP contribution is 2.44. The van der Waals surface area contributed by atoms with Gasteiger partial charge in [-0.25, -0.2) is 0 Å². The van der Waals surface area contributed by atoms with Gasteiger partial charge in [-0.05, 0) is 41.8 Å². The molecule has 0 bridgehead atoms. The standard InChI is InChI=1S/C21H26O4/c1-3-4-5-6-7-16-12(2)8-13-9-14-10-15(22)11-17(23)18(14)21(25)19(13)20(16)24/h9-12,16,22-23,25H,3-8H2,1-2H3/t12-,16-/m1/s1. The number of Topliss-reactive ketones (excluding diaryl/α,β-unsaturated/α-hetero) is 1. The molecule has 0 heterocycles. The Morgan fingerprint density at radius 3 is 2.56 bits per heavy atom. The van der Waals surface area contributed by atoms with Gasteiger partial charge < -0.3 is 15.3 Å². The van der Waals surface area contributed by atoms with E-state index in [1.54, 1.807) is 0 Å². The van der Waals surface area contributed by atoms with Crippen molar-refractivity contribution in [3.8, 4) is 17.2 Å². The van der Waals surface area contributed by atoms with Crippen LogP contribution in [0.3, 0.4) is 0 Å². The second kappa shape index (κ2) is 6.95. The van der Waals surface area contributed by atoms with E-state index in [4.69, 9.17) is 0 Å². The summed E-state index contributed by atoms with van der Waals surface area (Å²) in [5.41, 5.74) is 1.16. The summed E-state index contributed by atoms with van der Waals surface area (Å²) in [5.74, 6) is -0.288. The molecule has 2 aromatic rings. The van der Waals surface area contributed by atoms with Crippen LogP contribution < -0.4 is 0 Å². The van der Waals surface area contributed by atoms with Gasteiger partial charge in [-0.15, -0.1) is 0 Å². The molecule has 0 saturated heterocycles. The normalized spacial score (nSPS) is 20.0. The first-order valence-corrected chi connectivity index (χ1v) is 9.18. The number of unbranched alkanes of at least 4 members (excludes halogenated alkanes) is 3. The Hall–Kier alpha value is -2.23. The number of aromatic hydroxyl groups is 3. The maximum atomic E-state index is 13.0. The second-order valence-corrected chi connectivity index (χ2v) is 7.32. The van der Waals surface area contributed by atoms with Gasteiger partial charge in [0, 0.05) is 12.0 Å². The van der Waals surface area contributed by atoms with Crippen LogP contribution in [-0.4, -0.2) is 21.1 Å². The molecule has 0 spiro atoms. The van der Waals surface area contributed by atoms with E-state index in [1.807, 2.05) is 6.07 Å². The van der Waals surface area contributed by atoms with Crippen molar-refractivity contribution in [2.24, 2.45) is 11.8 Å². The fourth-order valence-corrected chi connectivity index (χ4v) is 4.12. The van der Waals surface area contributed by atoms with E-state index in [-0.39, 0.29) is 40.3 Å². The number of hydrogen-bond donors (Lipinski definition) is 3. The molecule has 3 N–H and O–H groups in total.